The fourth-order valence-corrected chi connectivity index (χ4v) is 3.82. The van der Waals surface area contributed by atoms with Crippen LogP contribution >= 0.6 is 22.9 Å². The van der Waals surface area contributed by atoms with E-state index in [-0.39, 0.29) is 5.91 Å². The molecule has 1 atom stereocenters. The van der Waals surface area contributed by atoms with Crippen LogP contribution in [-0.4, -0.2) is 60.1 Å². The molecule has 1 saturated heterocycles. The Morgan fingerprint density at radius 1 is 1.50 bits per heavy atom. The first-order chi connectivity index (χ1) is 9.41. The highest BCUT2D eigenvalue weighted by Crippen LogP contribution is 2.27. The van der Waals surface area contributed by atoms with E-state index in [9.17, 15) is 9.90 Å². The highest BCUT2D eigenvalue weighted by atomic mass is 35.5. The van der Waals surface area contributed by atoms with Gasteiger partial charge in [-0.3, -0.25) is 4.79 Å². The van der Waals surface area contributed by atoms with Gasteiger partial charge in [-0.2, -0.15) is 0 Å². The minimum atomic E-state index is -0.697. The first kappa shape index (κ1) is 15.8. The summed E-state index contributed by atoms with van der Waals surface area (Å²) in [5.74, 6) is -0.0147. The first-order valence-electron chi connectivity index (χ1n) is 6.81. The van der Waals surface area contributed by atoms with Crippen LogP contribution in [0.25, 0.3) is 0 Å². The van der Waals surface area contributed by atoms with Crippen molar-refractivity contribution in [3.05, 3.63) is 21.3 Å². The lowest BCUT2D eigenvalue weighted by atomic mass is 9.94. The first-order valence-corrected chi connectivity index (χ1v) is 8.06. The summed E-state index contributed by atoms with van der Waals surface area (Å²) in [5, 5.41) is 13.0. The molecule has 0 aromatic carbocycles. The van der Waals surface area contributed by atoms with Crippen molar-refractivity contribution in [3.63, 3.8) is 0 Å². The molecule has 6 heteroatoms. The number of thiophene rings is 1. The Bertz CT molecular complexity index is 477. The van der Waals surface area contributed by atoms with E-state index in [2.05, 4.69) is 0 Å². The van der Waals surface area contributed by atoms with E-state index in [1.807, 2.05) is 29.3 Å². The third-order valence-corrected chi connectivity index (χ3v) is 4.96. The standard InChI is InChI=1S/C14H21ClN2O2S/c1-16(2)10-14(19)5-3-7-17(8-6-14)13(18)12-11(15)4-9-20-12/h4,9,19H,3,5-8,10H2,1-2H3. The Hall–Kier alpha value is -0.620. The average Bonchev–Trinajstić information content (AvgIpc) is 2.68. The largest absolute Gasteiger partial charge is 0.388 e. The molecule has 1 N–H and O–H groups in total. The maximum atomic E-state index is 12.4. The number of hydrogen-bond donors (Lipinski definition) is 1. The number of carbonyl (C=O) groups excluding carboxylic acids is 1. The molecular formula is C14H21ClN2O2S. The van der Waals surface area contributed by atoms with Crippen LogP contribution < -0.4 is 0 Å². The Morgan fingerprint density at radius 3 is 2.85 bits per heavy atom. The summed E-state index contributed by atoms with van der Waals surface area (Å²) < 4.78 is 0. The van der Waals surface area contributed by atoms with Gasteiger partial charge in [0.15, 0.2) is 0 Å². The monoisotopic (exact) mass is 316 g/mol. The molecule has 1 aromatic rings. The maximum Gasteiger partial charge on any atom is 0.265 e. The zero-order valence-electron chi connectivity index (χ0n) is 11.9. The second kappa shape index (κ2) is 6.43. The van der Waals surface area contributed by atoms with Crippen LogP contribution in [0.1, 0.15) is 28.9 Å². The van der Waals surface area contributed by atoms with Crippen LogP contribution in [-0.2, 0) is 0 Å². The molecule has 20 heavy (non-hydrogen) atoms. The number of rotatable bonds is 3. The van der Waals surface area contributed by atoms with Crippen molar-refractivity contribution in [3.8, 4) is 0 Å². The van der Waals surface area contributed by atoms with Crippen molar-refractivity contribution >= 4 is 28.8 Å². The van der Waals surface area contributed by atoms with Crippen molar-refractivity contribution in [1.29, 1.82) is 0 Å². The van der Waals surface area contributed by atoms with E-state index < -0.39 is 5.60 Å². The van der Waals surface area contributed by atoms with Gasteiger partial charge in [-0.1, -0.05) is 11.6 Å². The molecule has 112 valence electrons. The number of amides is 1. The van der Waals surface area contributed by atoms with Crippen LogP contribution in [0, 0.1) is 0 Å². The highest BCUT2D eigenvalue weighted by Gasteiger charge is 2.32. The second-order valence-electron chi connectivity index (χ2n) is 5.71. The molecule has 2 heterocycles. The number of likely N-dealkylation sites (tertiary alicyclic amines) is 1. The van der Waals surface area contributed by atoms with E-state index in [0.29, 0.717) is 36.0 Å². The van der Waals surface area contributed by atoms with Gasteiger partial charge in [-0.15, -0.1) is 11.3 Å². The smallest absolute Gasteiger partial charge is 0.265 e. The fraction of sp³-hybridized carbons (Fsp3) is 0.643. The lowest BCUT2D eigenvalue weighted by Gasteiger charge is -2.29. The van der Waals surface area contributed by atoms with Gasteiger partial charge in [0, 0.05) is 19.6 Å². The third-order valence-electron chi connectivity index (χ3n) is 3.63. The molecule has 0 aliphatic carbocycles. The number of likely N-dealkylation sites (N-methyl/N-ethyl adjacent to an activating group) is 1. The predicted octanol–water partition coefficient (Wildman–Crippen LogP) is 2.32. The summed E-state index contributed by atoms with van der Waals surface area (Å²) in [5.41, 5.74) is -0.697. The molecule has 0 saturated carbocycles. The zero-order valence-corrected chi connectivity index (χ0v) is 13.5. The van der Waals surface area contributed by atoms with Gasteiger partial charge in [-0.05, 0) is 44.8 Å². The van der Waals surface area contributed by atoms with E-state index >= 15 is 0 Å². The van der Waals surface area contributed by atoms with Crippen LogP contribution in [0.5, 0.6) is 0 Å². The van der Waals surface area contributed by atoms with Crippen LogP contribution in [0.2, 0.25) is 5.02 Å². The van der Waals surface area contributed by atoms with Gasteiger partial charge < -0.3 is 14.9 Å². The number of carbonyl (C=O) groups is 1. The maximum absolute atomic E-state index is 12.4. The normalized spacial score (nSPS) is 23.9. The molecule has 1 aromatic heterocycles. The van der Waals surface area contributed by atoms with Crippen LogP contribution in [0.4, 0.5) is 0 Å². The summed E-state index contributed by atoms with van der Waals surface area (Å²) in [6, 6.07) is 1.75. The third kappa shape index (κ3) is 3.73. The highest BCUT2D eigenvalue weighted by molar-refractivity contribution is 7.12. The van der Waals surface area contributed by atoms with Gasteiger partial charge in [-0.25, -0.2) is 0 Å². The topological polar surface area (TPSA) is 43.8 Å². The quantitative estimate of drug-likeness (QED) is 0.930. The summed E-state index contributed by atoms with van der Waals surface area (Å²) in [7, 11) is 3.91. The lowest BCUT2D eigenvalue weighted by molar-refractivity contribution is 0.00306. The molecule has 0 spiro atoms. The Morgan fingerprint density at radius 2 is 2.25 bits per heavy atom. The van der Waals surface area contributed by atoms with E-state index in [1.165, 1.54) is 11.3 Å². The molecule has 1 fully saturated rings. The van der Waals surface area contributed by atoms with Crippen molar-refractivity contribution in [2.45, 2.75) is 24.9 Å². The van der Waals surface area contributed by atoms with Crippen molar-refractivity contribution < 1.29 is 9.90 Å². The number of nitrogens with zero attached hydrogens (tertiary/aromatic N) is 2. The predicted molar refractivity (Wildman–Crippen MR) is 82.6 cm³/mol. The molecule has 1 unspecified atom stereocenters. The Balaban J connectivity index is 2.03. The molecule has 0 bridgehead atoms. The number of halogens is 1. The molecule has 1 amide bonds. The van der Waals surface area contributed by atoms with Gasteiger partial charge in [0.2, 0.25) is 0 Å². The lowest BCUT2D eigenvalue weighted by Crippen LogP contribution is -2.41. The summed E-state index contributed by atoms with van der Waals surface area (Å²) in [6.07, 6.45) is 2.16. The second-order valence-corrected chi connectivity index (χ2v) is 7.03. The van der Waals surface area contributed by atoms with Crippen molar-refractivity contribution in [1.82, 2.24) is 9.80 Å². The molecule has 2 rings (SSSR count). The molecular weight excluding hydrogens is 296 g/mol. The Kier molecular flexibility index (Phi) is 5.07. The summed E-state index contributed by atoms with van der Waals surface area (Å²) in [6.45, 7) is 1.90. The van der Waals surface area contributed by atoms with E-state index in [4.69, 9.17) is 11.6 Å². The molecule has 1 aliphatic rings. The molecule has 0 radical (unpaired) electrons. The van der Waals surface area contributed by atoms with Gasteiger partial charge in [0.25, 0.3) is 5.91 Å². The number of aliphatic hydroxyl groups is 1. The Labute approximate surface area is 128 Å². The van der Waals surface area contributed by atoms with Crippen molar-refractivity contribution in [2.75, 3.05) is 33.7 Å². The minimum absolute atomic E-state index is 0.0147. The van der Waals surface area contributed by atoms with E-state index in [0.717, 1.165) is 12.8 Å². The summed E-state index contributed by atoms with van der Waals surface area (Å²) in [4.78, 5) is 16.8. The summed E-state index contributed by atoms with van der Waals surface area (Å²) >= 11 is 7.40. The fourth-order valence-electron chi connectivity index (χ4n) is 2.72. The van der Waals surface area contributed by atoms with Crippen LogP contribution in [0.15, 0.2) is 11.4 Å². The SMILES string of the molecule is CN(C)CC1(O)CCCN(C(=O)c2sccc2Cl)CC1. The van der Waals surface area contributed by atoms with Crippen molar-refractivity contribution in [2.24, 2.45) is 0 Å². The van der Waals surface area contributed by atoms with E-state index in [1.54, 1.807) is 6.07 Å². The molecule has 1 aliphatic heterocycles. The number of hydrogen-bond acceptors (Lipinski definition) is 4. The minimum Gasteiger partial charge on any atom is -0.388 e. The average molecular weight is 317 g/mol. The zero-order chi connectivity index (χ0) is 14.8. The van der Waals surface area contributed by atoms with Gasteiger partial charge in [0.05, 0.1) is 10.6 Å². The molecule has 4 nitrogen and oxygen atoms in total. The van der Waals surface area contributed by atoms with Gasteiger partial charge >= 0.3 is 0 Å². The van der Waals surface area contributed by atoms with Gasteiger partial charge in [0.1, 0.15) is 4.88 Å². The van der Waals surface area contributed by atoms with Crippen LogP contribution in [0.3, 0.4) is 0 Å².